The van der Waals surface area contributed by atoms with Gasteiger partial charge in [-0.15, -0.1) is 0 Å². The molecule has 2 aliphatic heterocycles. The fraction of sp³-hybridized carbons (Fsp3) is 0.429. The first kappa shape index (κ1) is 17.0. The highest BCUT2D eigenvalue weighted by atomic mass is 15.3. The average molecular weight is 373 g/mol. The second kappa shape index (κ2) is 6.20. The topological polar surface area (TPSA) is 84.7 Å². The molecule has 0 aromatic carbocycles. The third-order valence-electron chi connectivity index (χ3n) is 6.39. The number of aryl methyl sites for hydroxylation is 1. The first-order valence-corrected chi connectivity index (χ1v) is 9.72. The van der Waals surface area contributed by atoms with Crippen LogP contribution in [0.5, 0.6) is 0 Å². The van der Waals surface area contributed by atoms with E-state index in [1.807, 2.05) is 19.2 Å². The standard InChI is InChI=1S/C21H23N7/c1-14-7-15(8-22)9-24-19(14)28-10-16-4-6-27(11-21(16,2)12-28)20-17-3-5-23-18(17)25-13-26-20/h3,5,7,9,13,16H,4,6,10-12H2,1-2H3,(H,23,25,26). The number of anilines is 2. The number of nitrogens with one attached hydrogen (secondary N) is 1. The van der Waals surface area contributed by atoms with Crippen LogP contribution in [0.4, 0.5) is 11.6 Å². The van der Waals surface area contributed by atoms with Gasteiger partial charge >= 0.3 is 0 Å². The number of hydrogen-bond donors (Lipinski definition) is 1. The molecule has 0 bridgehead atoms. The van der Waals surface area contributed by atoms with E-state index in [2.05, 4.69) is 48.8 Å². The molecular formula is C21H23N7. The summed E-state index contributed by atoms with van der Waals surface area (Å²) in [5, 5.41) is 10.2. The van der Waals surface area contributed by atoms with Crippen LogP contribution >= 0.6 is 0 Å². The van der Waals surface area contributed by atoms with E-state index in [-0.39, 0.29) is 5.41 Å². The van der Waals surface area contributed by atoms with E-state index >= 15 is 0 Å². The summed E-state index contributed by atoms with van der Waals surface area (Å²) in [4.78, 5) is 21.5. The molecule has 2 atom stereocenters. The van der Waals surface area contributed by atoms with E-state index in [1.54, 1.807) is 12.5 Å². The molecule has 0 saturated carbocycles. The Bertz CT molecular complexity index is 1080. The molecule has 5 heterocycles. The molecule has 3 aromatic rings. The predicted octanol–water partition coefficient (Wildman–Crippen LogP) is 2.89. The van der Waals surface area contributed by atoms with Gasteiger partial charge in [-0.2, -0.15) is 5.26 Å². The Labute approximate surface area is 164 Å². The van der Waals surface area contributed by atoms with Crippen LogP contribution in [0.2, 0.25) is 0 Å². The first-order chi connectivity index (χ1) is 13.6. The summed E-state index contributed by atoms with van der Waals surface area (Å²) in [7, 11) is 0. The highest BCUT2D eigenvalue weighted by molar-refractivity contribution is 5.87. The van der Waals surface area contributed by atoms with Crippen LogP contribution in [0.25, 0.3) is 11.0 Å². The van der Waals surface area contributed by atoms with Crippen LogP contribution in [-0.4, -0.2) is 46.1 Å². The Morgan fingerprint density at radius 3 is 2.89 bits per heavy atom. The number of rotatable bonds is 2. The molecule has 28 heavy (non-hydrogen) atoms. The Morgan fingerprint density at radius 2 is 2.07 bits per heavy atom. The Hall–Kier alpha value is -3.14. The van der Waals surface area contributed by atoms with Crippen LogP contribution in [0.1, 0.15) is 24.5 Å². The van der Waals surface area contributed by atoms with Crippen molar-refractivity contribution >= 4 is 22.7 Å². The lowest BCUT2D eigenvalue weighted by molar-refractivity contribution is 0.216. The summed E-state index contributed by atoms with van der Waals surface area (Å²) in [6.07, 6.45) is 6.39. The number of piperidine rings is 1. The SMILES string of the molecule is Cc1cc(C#N)cnc1N1CC2CCN(c3ncnc4[nH]ccc34)CC2(C)C1. The number of pyridine rings is 1. The van der Waals surface area contributed by atoms with Crippen molar-refractivity contribution in [1.29, 1.82) is 5.26 Å². The number of nitrogens with zero attached hydrogens (tertiary/aromatic N) is 6. The first-order valence-electron chi connectivity index (χ1n) is 9.72. The third-order valence-corrected chi connectivity index (χ3v) is 6.39. The molecule has 142 valence electrons. The molecule has 7 heteroatoms. The van der Waals surface area contributed by atoms with Crippen LogP contribution < -0.4 is 9.80 Å². The van der Waals surface area contributed by atoms with Gasteiger partial charge in [-0.1, -0.05) is 6.92 Å². The zero-order chi connectivity index (χ0) is 19.3. The van der Waals surface area contributed by atoms with Gasteiger partial charge in [0.25, 0.3) is 0 Å². The lowest BCUT2D eigenvalue weighted by Crippen LogP contribution is -2.47. The van der Waals surface area contributed by atoms with Crippen LogP contribution in [0.3, 0.4) is 0 Å². The minimum Gasteiger partial charge on any atom is -0.355 e. The number of aromatic amines is 1. The Balaban J connectivity index is 1.42. The quantitative estimate of drug-likeness (QED) is 0.743. The molecule has 2 saturated heterocycles. The molecule has 2 aliphatic rings. The van der Waals surface area contributed by atoms with E-state index in [1.165, 1.54) is 0 Å². The van der Waals surface area contributed by atoms with Gasteiger partial charge in [0.05, 0.1) is 10.9 Å². The molecule has 0 aliphatic carbocycles. The summed E-state index contributed by atoms with van der Waals surface area (Å²) >= 11 is 0. The fourth-order valence-corrected chi connectivity index (χ4v) is 4.97. The second-order valence-corrected chi connectivity index (χ2v) is 8.36. The molecule has 2 fully saturated rings. The van der Waals surface area contributed by atoms with Gasteiger partial charge in [0.1, 0.15) is 29.7 Å². The van der Waals surface area contributed by atoms with E-state index in [9.17, 15) is 0 Å². The van der Waals surface area contributed by atoms with Crippen molar-refractivity contribution in [2.45, 2.75) is 20.3 Å². The van der Waals surface area contributed by atoms with E-state index in [4.69, 9.17) is 5.26 Å². The van der Waals surface area contributed by atoms with Gasteiger partial charge < -0.3 is 14.8 Å². The van der Waals surface area contributed by atoms with Crippen LogP contribution in [0.15, 0.2) is 30.9 Å². The number of nitriles is 1. The molecule has 1 N–H and O–H groups in total. The third kappa shape index (κ3) is 2.60. The zero-order valence-corrected chi connectivity index (χ0v) is 16.2. The summed E-state index contributed by atoms with van der Waals surface area (Å²) < 4.78 is 0. The van der Waals surface area contributed by atoms with Crippen molar-refractivity contribution < 1.29 is 0 Å². The minimum absolute atomic E-state index is 0.174. The maximum atomic E-state index is 9.10. The second-order valence-electron chi connectivity index (χ2n) is 8.36. The van der Waals surface area contributed by atoms with Crippen molar-refractivity contribution in [3.05, 3.63) is 42.0 Å². The van der Waals surface area contributed by atoms with Gasteiger partial charge in [0, 0.05) is 44.0 Å². The molecular weight excluding hydrogens is 350 g/mol. The highest BCUT2D eigenvalue weighted by Crippen LogP contribution is 2.44. The Morgan fingerprint density at radius 1 is 1.21 bits per heavy atom. The van der Waals surface area contributed by atoms with Gasteiger partial charge in [-0.05, 0) is 37.0 Å². The Kier molecular flexibility index (Phi) is 3.76. The molecule has 7 nitrogen and oxygen atoms in total. The van der Waals surface area contributed by atoms with Crippen molar-refractivity contribution in [1.82, 2.24) is 19.9 Å². The fourth-order valence-electron chi connectivity index (χ4n) is 4.97. The minimum atomic E-state index is 0.174. The molecule has 5 rings (SSSR count). The molecule has 0 spiro atoms. The number of H-pyrrole nitrogens is 1. The van der Waals surface area contributed by atoms with Crippen molar-refractivity contribution in [2.24, 2.45) is 11.3 Å². The lowest BCUT2D eigenvalue weighted by Gasteiger charge is -2.42. The summed E-state index contributed by atoms with van der Waals surface area (Å²) in [6.45, 7) is 8.40. The van der Waals surface area contributed by atoms with Gasteiger partial charge in [-0.3, -0.25) is 0 Å². The largest absolute Gasteiger partial charge is 0.355 e. The van der Waals surface area contributed by atoms with E-state index < -0.39 is 0 Å². The maximum absolute atomic E-state index is 9.10. The van der Waals surface area contributed by atoms with E-state index in [0.29, 0.717) is 11.5 Å². The summed E-state index contributed by atoms with van der Waals surface area (Å²) in [5.74, 6) is 2.66. The van der Waals surface area contributed by atoms with Gasteiger partial charge in [0.15, 0.2) is 0 Å². The lowest BCUT2D eigenvalue weighted by atomic mass is 9.75. The monoisotopic (exact) mass is 373 g/mol. The molecule has 0 radical (unpaired) electrons. The maximum Gasteiger partial charge on any atom is 0.142 e. The van der Waals surface area contributed by atoms with Crippen molar-refractivity contribution in [2.75, 3.05) is 36.0 Å². The molecule has 3 aromatic heterocycles. The van der Waals surface area contributed by atoms with E-state index in [0.717, 1.165) is 60.8 Å². The summed E-state index contributed by atoms with van der Waals surface area (Å²) in [6, 6.07) is 6.17. The van der Waals surface area contributed by atoms with Crippen molar-refractivity contribution in [3.63, 3.8) is 0 Å². The van der Waals surface area contributed by atoms with Crippen LogP contribution in [-0.2, 0) is 0 Å². The summed E-state index contributed by atoms with van der Waals surface area (Å²) in [5.41, 5.74) is 2.76. The normalized spacial score (nSPS) is 24.4. The van der Waals surface area contributed by atoms with Gasteiger partial charge in [-0.25, -0.2) is 15.0 Å². The number of aromatic nitrogens is 4. The van der Waals surface area contributed by atoms with Crippen LogP contribution in [0, 0.1) is 29.6 Å². The number of fused-ring (bicyclic) bond motifs is 2. The zero-order valence-electron chi connectivity index (χ0n) is 16.2. The highest BCUT2D eigenvalue weighted by Gasteiger charge is 2.47. The van der Waals surface area contributed by atoms with Gasteiger partial charge in [0.2, 0.25) is 0 Å². The van der Waals surface area contributed by atoms with Crippen molar-refractivity contribution in [3.8, 4) is 6.07 Å². The predicted molar refractivity (Wildman–Crippen MR) is 108 cm³/mol. The number of hydrogen-bond acceptors (Lipinski definition) is 6. The average Bonchev–Trinajstić information content (AvgIpc) is 3.30. The smallest absolute Gasteiger partial charge is 0.142 e. The molecule has 0 amide bonds. The molecule has 2 unspecified atom stereocenters.